The Morgan fingerprint density at radius 1 is 1.11 bits per heavy atom. The molecule has 0 unspecified atom stereocenters. The monoisotopic (exact) mass is 378 g/mol. The molecule has 5 nitrogen and oxygen atoms in total. The first kappa shape index (κ1) is 19.5. The number of carbonyl (C=O) groups is 1. The van der Waals surface area contributed by atoms with Gasteiger partial charge in [0.2, 0.25) is 0 Å². The molecule has 0 spiro atoms. The highest BCUT2D eigenvalue weighted by molar-refractivity contribution is 6.02. The number of phenolic OH excluding ortho intramolecular Hbond substituents is 1. The van der Waals surface area contributed by atoms with Crippen molar-refractivity contribution in [3.05, 3.63) is 71.0 Å². The van der Waals surface area contributed by atoms with Crippen LogP contribution in [0, 0.1) is 6.92 Å². The summed E-state index contributed by atoms with van der Waals surface area (Å²) in [4.78, 5) is 12.3. The molecule has 0 aliphatic heterocycles. The van der Waals surface area contributed by atoms with E-state index < -0.39 is 5.91 Å². The van der Waals surface area contributed by atoms with Gasteiger partial charge in [0.25, 0.3) is 5.91 Å². The average molecular weight is 378 g/mol. The third kappa shape index (κ3) is 3.74. The van der Waals surface area contributed by atoms with Gasteiger partial charge in [0.05, 0.1) is 12.7 Å². The van der Waals surface area contributed by atoms with Gasteiger partial charge in [0.15, 0.2) is 0 Å². The maximum absolute atomic E-state index is 12.3. The number of aromatic nitrogens is 1. The first-order valence-corrected chi connectivity index (χ1v) is 9.40. The molecule has 5 heteroatoms. The summed E-state index contributed by atoms with van der Waals surface area (Å²) in [6.45, 7) is 4.77. The van der Waals surface area contributed by atoms with Crippen LogP contribution in [0.2, 0.25) is 0 Å². The summed E-state index contributed by atoms with van der Waals surface area (Å²) < 4.78 is 7.44. The molecule has 1 heterocycles. The fourth-order valence-electron chi connectivity index (χ4n) is 3.74. The number of amides is 1. The van der Waals surface area contributed by atoms with Crippen LogP contribution in [-0.4, -0.2) is 22.7 Å². The van der Waals surface area contributed by atoms with Gasteiger partial charge >= 0.3 is 0 Å². The Morgan fingerprint density at radius 3 is 2.29 bits per heavy atom. The quantitative estimate of drug-likeness (QED) is 0.650. The number of ether oxygens (including phenoxy) is 1. The number of benzene rings is 2. The molecule has 0 fully saturated rings. The van der Waals surface area contributed by atoms with Gasteiger partial charge in [-0.05, 0) is 55.2 Å². The van der Waals surface area contributed by atoms with Crippen molar-refractivity contribution in [2.45, 2.75) is 33.2 Å². The van der Waals surface area contributed by atoms with Gasteiger partial charge < -0.3 is 20.1 Å². The third-order valence-electron chi connectivity index (χ3n) is 5.15. The number of hydrogen-bond donors (Lipinski definition) is 2. The summed E-state index contributed by atoms with van der Waals surface area (Å²) in [5.41, 5.74) is 11.3. The van der Waals surface area contributed by atoms with Gasteiger partial charge in [-0.2, -0.15) is 0 Å². The molecule has 0 saturated carbocycles. The molecule has 0 atom stereocenters. The second kappa shape index (κ2) is 8.21. The summed E-state index contributed by atoms with van der Waals surface area (Å²) in [5, 5.41) is 9.47. The number of nitrogens with zero attached hydrogens (tertiary/aromatic N) is 1. The van der Waals surface area contributed by atoms with E-state index in [1.165, 1.54) is 0 Å². The summed E-state index contributed by atoms with van der Waals surface area (Å²) in [6.07, 6.45) is 1.58. The number of aryl methyl sites for hydroxylation is 1. The number of aromatic hydroxyl groups is 1. The standard InChI is InChI=1S/C23H26N2O3/c1-4-20-22(17-7-11-19(28-3)12-8-17)21(23(24)27)15(2)25(20)14-13-16-5-9-18(26)10-6-16/h5-12,26H,4,13-14H2,1-3H3,(H2,24,27). The van der Waals surface area contributed by atoms with E-state index in [-0.39, 0.29) is 5.75 Å². The van der Waals surface area contributed by atoms with Crippen molar-refractivity contribution in [2.24, 2.45) is 5.73 Å². The van der Waals surface area contributed by atoms with Gasteiger partial charge in [-0.1, -0.05) is 31.2 Å². The molecule has 0 radical (unpaired) electrons. The van der Waals surface area contributed by atoms with E-state index in [4.69, 9.17) is 10.5 Å². The molecule has 0 bridgehead atoms. The van der Waals surface area contributed by atoms with Crippen molar-refractivity contribution in [2.75, 3.05) is 7.11 Å². The lowest BCUT2D eigenvalue weighted by molar-refractivity contribution is 0.1000. The SMILES string of the molecule is CCc1c(-c2ccc(OC)cc2)c(C(N)=O)c(C)n1CCc1ccc(O)cc1. The molecule has 3 rings (SSSR count). The minimum atomic E-state index is -0.415. The lowest BCUT2D eigenvalue weighted by Gasteiger charge is -2.12. The Hall–Kier alpha value is -3.21. The van der Waals surface area contributed by atoms with Gasteiger partial charge in [0.1, 0.15) is 11.5 Å². The number of nitrogens with two attached hydrogens (primary N) is 1. The number of primary amides is 1. The van der Waals surface area contributed by atoms with Crippen molar-refractivity contribution in [1.29, 1.82) is 0 Å². The van der Waals surface area contributed by atoms with Gasteiger partial charge in [-0.25, -0.2) is 0 Å². The fourth-order valence-corrected chi connectivity index (χ4v) is 3.74. The molecule has 0 aliphatic carbocycles. The van der Waals surface area contributed by atoms with Crippen LogP contribution < -0.4 is 10.5 Å². The highest BCUT2D eigenvalue weighted by Crippen LogP contribution is 2.34. The zero-order valence-electron chi connectivity index (χ0n) is 16.5. The van der Waals surface area contributed by atoms with Crippen molar-refractivity contribution in [3.8, 4) is 22.6 Å². The fraction of sp³-hybridized carbons (Fsp3) is 0.261. The lowest BCUT2D eigenvalue weighted by Crippen LogP contribution is -2.14. The molecule has 146 valence electrons. The predicted octanol–water partition coefficient (Wildman–Crippen LogP) is 4.08. The van der Waals surface area contributed by atoms with Crippen molar-refractivity contribution < 1.29 is 14.6 Å². The molecular weight excluding hydrogens is 352 g/mol. The Bertz CT molecular complexity index is 971. The maximum Gasteiger partial charge on any atom is 0.251 e. The second-order valence-corrected chi connectivity index (χ2v) is 6.80. The summed E-state index contributed by atoms with van der Waals surface area (Å²) in [6, 6.07) is 14.9. The van der Waals surface area contributed by atoms with E-state index in [0.29, 0.717) is 5.56 Å². The highest BCUT2D eigenvalue weighted by Gasteiger charge is 2.23. The van der Waals surface area contributed by atoms with Gasteiger partial charge in [-0.3, -0.25) is 4.79 Å². The first-order chi connectivity index (χ1) is 13.5. The second-order valence-electron chi connectivity index (χ2n) is 6.80. The van der Waals surface area contributed by atoms with Crippen LogP contribution in [0.4, 0.5) is 0 Å². The molecule has 0 aliphatic rings. The first-order valence-electron chi connectivity index (χ1n) is 9.40. The van der Waals surface area contributed by atoms with Gasteiger partial charge in [-0.15, -0.1) is 0 Å². The summed E-state index contributed by atoms with van der Waals surface area (Å²) in [5.74, 6) is 0.611. The molecule has 1 amide bonds. The maximum atomic E-state index is 12.3. The minimum absolute atomic E-state index is 0.257. The van der Waals surface area contributed by atoms with Crippen LogP contribution in [-0.2, 0) is 19.4 Å². The average Bonchev–Trinajstić information content (AvgIpc) is 2.99. The summed E-state index contributed by atoms with van der Waals surface area (Å²) in [7, 11) is 1.63. The Balaban J connectivity index is 2.04. The zero-order chi connectivity index (χ0) is 20.3. The number of methoxy groups -OCH3 is 1. The van der Waals surface area contributed by atoms with Crippen LogP contribution in [0.3, 0.4) is 0 Å². The normalized spacial score (nSPS) is 10.8. The van der Waals surface area contributed by atoms with Crippen LogP contribution in [0.5, 0.6) is 11.5 Å². The molecule has 0 saturated heterocycles. The Morgan fingerprint density at radius 2 is 1.75 bits per heavy atom. The van der Waals surface area contributed by atoms with Crippen LogP contribution in [0.15, 0.2) is 48.5 Å². The smallest absolute Gasteiger partial charge is 0.251 e. The van der Waals surface area contributed by atoms with E-state index in [9.17, 15) is 9.90 Å². The molecular formula is C23H26N2O3. The minimum Gasteiger partial charge on any atom is -0.508 e. The lowest BCUT2D eigenvalue weighted by atomic mass is 9.98. The van der Waals surface area contributed by atoms with Crippen LogP contribution in [0.1, 0.15) is 34.2 Å². The third-order valence-corrected chi connectivity index (χ3v) is 5.15. The molecule has 28 heavy (non-hydrogen) atoms. The zero-order valence-corrected chi connectivity index (χ0v) is 16.5. The number of hydrogen-bond acceptors (Lipinski definition) is 3. The van der Waals surface area contributed by atoms with Crippen molar-refractivity contribution in [1.82, 2.24) is 4.57 Å². The number of phenols is 1. The van der Waals surface area contributed by atoms with Crippen molar-refractivity contribution in [3.63, 3.8) is 0 Å². The van der Waals surface area contributed by atoms with Crippen LogP contribution >= 0.6 is 0 Å². The Labute approximate surface area is 165 Å². The van der Waals surface area contributed by atoms with E-state index >= 15 is 0 Å². The molecule has 1 aromatic heterocycles. The molecule has 2 aromatic carbocycles. The molecule has 3 aromatic rings. The van der Waals surface area contributed by atoms with E-state index in [0.717, 1.165) is 53.2 Å². The Kier molecular flexibility index (Phi) is 5.73. The van der Waals surface area contributed by atoms with Gasteiger partial charge in [0, 0.05) is 23.5 Å². The van der Waals surface area contributed by atoms with E-state index in [1.54, 1.807) is 19.2 Å². The van der Waals surface area contributed by atoms with Crippen molar-refractivity contribution >= 4 is 5.91 Å². The van der Waals surface area contributed by atoms with E-state index in [2.05, 4.69) is 11.5 Å². The topological polar surface area (TPSA) is 77.5 Å². The highest BCUT2D eigenvalue weighted by atomic mass is 16.5. The molecule has 3 N–H and O–H groups in total. The number of rotatable bonds is 7. The summed E-state index contributed by atoms with van der Waals surface area (Å²) >= 11 is 0. The predicted molar refractivity (Wildman–Crippen MR) is 111 cm³/mol. The largest absolute Gasteiger partial charge is 0.508 e. The number of carbonyl (C=O) groups excluding carboxylic acids is 1. The van der Waals surface area contributed by atoms with Crippen LogP contribution in [0.25, 0.3) is 11.1 Å². The van der Waals surface area contributed by atoms with E-state index in [1.807, 2.05) is 43.3 Å².